The van der Waals surface area contributed by atoms with Gasteiger partial charge in [0.15, 0.2) is 0 Å². The van der Waals surface area contributed by atoms with Crippen LogP contribution in [0.3, 0.4) is 0 Å². The third-order valence-corrected chi connectivity index (χ3v) is 2.19. The summed E-state index contributed by atoms with van der Waals surface area (Å²) >= 11 is 0. The van der Waals surface area contributed by atoms with E-state index in [2.05, 4.69) is 19.7 Å². The van der Waals surface area contributed by atoms with E-state index in [1.54, 1.807) is 12.1 Å². The highest BCUT2D eigenvalue weighted by Gasteiger charge is 2.04. The minimum atomic E-state index is -3.49. The molecule has 0 amide bonds. The van der Waals surface area contributed by atoms with Gasteiger partial charge in [-0.3, -0.25) is 0 Å². The molecule has 0 radical (unpaired) electrons. The fourth-order valence-corrected chi connectivity index (χ4v) is 1.57. The Hall–Kier alpha value is -1.96. The molecule has 0 aliphatic rings. The molecule has 0 unspecified atom stereocenters. The molecule has 0 fully saturated rings. The molecule has 0 spiro atoms. The van der Waals surface area contributed by atoms with Crippen LogP contribution in [0.2, 0.25) is 0 Å². The van der Waals surface area contributed by atoms with Crippen molar-refractivity contribution in [1.82, 2.24) is 20.2 Å². The molecule has 0 bridgehead atoms. The first-order valence-electron chi connectivity index (χ1n) is 4.27. The van der Waals surface area contributed by atoms with E-state index in [-0.39, 0.29) is 5.75 Å². The second-order valence-corrected chi connectivity index (χ2v) is 4.61. The van der Waals surface area contributed by atoms with Crippen molar-refractivity contribution in [2.24, 2.45) is 0 Å². The van der Waals surface area contributed by atoms with Crippen LogP contribution in [0.15, 0.2) is 30.6 Å². The van der Waals surface area contributed by atoms with Gasteiger partial charge in [0.2, 0.25) is 0 Å². The molecule has 8 heteroatoms. The van der Waals surface area contributed by atoms with Gasteiger partial charge in [-0.15, -0.1) is 5.10 Å². The van der Waals surface area contributed by atoms with Crippen molar-refractivity contribution in [1.29, 1.82) is 0 Å². The first-order chi connectivity index (χ1) is 7.54. The summed E-state index contributed by atoms with van der Waals surface area (Å²) in [5.41, 5.74) is 0.714. The molecule has 16 heavy (non-hydrogen) atoms. The standard InChI is InChI=1S/C8H8N4O3S/c1-16(13,14)15-8-4-2-7(3-5-8)12-6-9-10-11-12/h2-6H,1H3. The second-order valence-electron chi connectivity index (χ2n) is 3.04. The van der Waals surface area contributed by atoms with Crippen molar-refractivity contribution in [3.63, 3.8) is 0 Å². The van der Waals surface area contributed by atoms with E-state index in [0.29, 0.717) is 5.69 Å². The van der Waals surface area contributed by atoms with Gasteiger partial charge in [-0.1, -0.05) is 0 Å². The van der Waals surface area contributed by atoms with Crippen LogP contribution < -0.4 is 4.18 Å². The average molecular weight is 240 g/mol. The molecule has 1 heterocycles. The van der Waals surface area contributed by atoms with Crippen molar-refractivity contribution >= 4 is 10.1 Å². The van der Waals surface area contributed by atoms with Gasteiger partial charge in [0.1, 0.15) is 12.1 Å². The largest absolute Gasteiger partial charge is 0.383 e. The molecule has 0 N–H and O–H groups in total. The number of hydrogen-bond acceptors (Lipinski definition) is 6. The highest BCUT2D eigenvalue weighted by Crippen LogP contribution is 2.15. The lowest BCUT2D eigenvalue weighted by molar-refractivity contribution is 0.493. The summed E-state index contributed by atoms with van der Waals surface area (Å²) in [6.07, 6.45) is 2.43. The van der Waals surface area contributed by atoms with Gasteiger partial charge in [-0.05, 0) is 34.7 Å². The average Bonchev–Trinajstić information content (AvgIpc) is 2.69. The number of rotatable bonds is 3. The highest BCUT2D eigenvalue weighted by molar-refractivity contribution is 7.86. The Morgan fingerprint density at radius 2 is 1.94 bits per heavy atom. The molecule has 0 saturated heterocycles. The quantitative estimate of drug-likeness (QED) is 0.702. The zero-order chi connectivity index (χ0) is 11.6. The minimum Gasteiger partial charge on any atom is -0.383 e. The Bertz CT molecular complexity index is 562. The van der Waals surface area contributed by atoms with E-state index in [9.17, 15) is 8.42 Å². The van der Waals surface area contributed by atoms with Gasteiger partial charge in [0.25, 0.3) is 0 Å². The van der Waals surface area contributed by atoms with E-state index >= 15 is 0 Å². The third kappa shape index (κ3) is 2.54. The Kier molecular flexibility index (Phi) is 2.57. The summed E-state index contributed by atoms with van der Waals surface area (Å²) in [7, 11) is -3.49. The molecule has 2 aromatic rings. The van der Waals surface area contributed by atoms with Crippen LogP contribution in [-0.4, -0.2) is 34.9 Å². The van der Waals surface area contributed by atoms with Crippen LogP contribution in [0.4, 0.5) is 0 Å². The number of tetrazole rings is 1. The zero-order valence-electron chi connectivity index (χ0n) is 8.31. The van der Waals surface area contributed by atoms with Gasteiger partial charge >= 0.3 is 10.1 Å². The summed E-state index contributed by atoms with van der Waals surface area (Å²) in [6, 6.07) is 6.35. The van der Waals surface area contributed by atoms with Crippen LogP contribution in [0.25, 0.3) is 5.69 Å². The fourth-order valence-electron chi connectivity index (χ4n) is 1.11. The molecule has 0 aliphatic heterocycles. The molecule has 84 valence electrons. The molecule has 0 aliphatic carbocycles. The van der Waals surface area contributed by atoms with E-state index in [0.717, 1.165) is 6.26 Å². The lowest BCUT2D eigenvalue weighted by Crippen LogP contribution is -2.05. The van der Waals surface area contributed by atoms with Crippen LogP contribution in [-0.2, 0) is 10.1 Å². The maximum atomic E-state index is 10.9. The lowest BCUT2D eigenvalue weighted by atomic mass is 10.3. The molecule has 2 rings (SSSR count). The van der Waals surface area contributed by atoms with E-state index in [1.165, 1.54) is 23.1 Å². The normalized spacial score (nSPS) is 11.3. The Labute approximate surface area is 91.8 Å². The SMILES string of the molecule is CS(=O)(=O)Oc1ccc(-n2cnnn2)cc1. The topological polar surface area (TPSA) is 87.0 Å². The fraction of sp³-hybridized carbons (Fsp3) is 0.125. The first-order valence-corrected chi connectivity index (χ1v) is 6.09. The van der Waals surface area contributed by atoms with Crippen molar-refractivity contribution in [2.45, 2.75) is 0 Å². The molecule has 7 nitrogen and oxygen atoms in total. The second kappa shape index (κ2) is 3.89. The summed E-state index contributed by atoms with van der Waals surface area (Å²) < 4.78 is 27.8. The van der Waals surface area contributed by atoms with Gasteiger partial charge in [0.05, 0.1) is 11.9 Å². The number of nitrogens with zero attached hydrogens (tertiary/aromatic N) is 4. The predicted octanol–water partition coefficient (Wildman–Crippen LogP) is 0.000700. The monoisotopic (exact) mass is 240 g/mol. The van der Waals surface area contributed by atoms with E-state index < -0.39 is 10.1 Å². The van der Waals surface area contributed by atoms with Crippen molar-refractivity contribution in [2.75, 3.05) is 6.26 Å². The smallest absolute Gasteiger partial charge is 0.306 e. The maximum absolute atomic E-state index is 10.9. The summed E-state index contributed by atoms with van der Waals surface area (Å²) in [5.74, 6) is 0.249. The third-order valence-electron chi connectivity index (χ3n) is 1.70. The summed E-state index contributed by atoms with van der Waals surface area (Å²) in [6.45, 7) is 0. The maximum Gasteiger partial charge on any atom is 0.306 e. The molecule has 1 aromatic carbocycles. The van der Waals surface area contributed by atoms with Crippen molar-refractivity contribution in [3.05, 3.63) is 30.6 Å². The Balaban J connectivity index is 2.24. The number of benzene rings is 1. The van der Waals surface area contributed by atoms with Crippen LogP contribution in [0, 0.1) is 0 Å². The summed E-state index contributed by atoms with van der Waals surface area (Å²) in [4.78, 5) is 0. The Morgan fingerprint density at radius 1 is 1.25 bits per heavy atom. The van der Waals surface area contributed by atoms with Gasteiger partial charge in [-0.25, -0.2) is 4.68 Å². The Morgan fingerprint density at radius 3 is 2.44 bits per heavy atom. The molecule has 0 atom stereocenters. The number of hydrogen-bond donors (Lipinski definition) is 0. The lowest BCUT2D eigenvalue weighted by Gasteiger charge is -2.03. The van der Waals surface area contributed by atoms with Gasteiger partial charge < -0.3 is 4.18 Å². The number of aromatic nitrogens is 4. The highest BCUT2D eigenvalue weighted by atomic mass is 32.2. The molecular formula is C8H8N4O3S. The van der Waals surface area contributed by atoms with Crippen LogP contribution in [0.5, 0.6) is 5.75 Å². The van der Waals surface area contributed by atoms with Gasteiger partial charge in [-0.2, -0.15) is 8.42 Å². The molecule has 1 aromatic heterocycles. The molecule has 0 saturated carbocycles. The molecular weight excluding hydrogens is 232 g/mol. The van der Waals surface area contributed by atoms with E-state index in [1.807, 2.05) is 0 Å². The van der Waals surface area contributed by atoms with Crippen LogP contribution >= 0.6 is 0 Å². The summed E-state index contributed by atoms with van der Waals surface area (Å²) in [5, 5.41) is 10.7. The zero-order valence-corrected chi connectivity index (χ0v) is 9.13. The van der Waals surface area contributed by atoms with Crippen molar-refractivity contribution in [3.8, 4) is 11.4 Å². The first kappa shape index (κ1) is 10.6. The van der Waals surface area contributed by atoms with E-state index in [4.69, 9.17) is 0 Å². The van der Waals surface area contributed by atoms with Gasteiger partial charge in [0, 0.05) is 0 Å². The van der Waals surface area contributed by atoms with Crippen LogP contribution in [0.1, 0.15) is 0 Å². The van der Waals surface area contributed by atoms with Crippen molar-refractivity contribution < 1.29 is 12.6 Å². The minimum absolute atomic E-state index is 0.249. The predicted molar refractivity (Wildman–Crippen MR) is 54.6 cm³/mol.